The Morgan fingerprint density at radius 1 is 0.795 bits per heavy atom. The van der Waals surface area contributed by atoms with Crippen LogP contribution < -0.4 is 9.47 Å². The molecule has 3 aromatic carbocycles. The minimum atomic E-state index is -0.678. The van der Waals surface area contributed by atoms with Crippen molar-refractivity contribution < 1.29 is 33.7 Å². The number of rotatable bonds is 14. The van der Waals surface area contributed by atoms with Crippen LogP contribution in [0, 0.1) is 0 Å². The molecule has 0 aliphatic heterocycles. The van der Waals surface area contributed by atoms with Crippen LogP contribution in [0.4, 0.5) is 0 Å². The molecule has 0 aliphatic rings. The second kappa shape index (κ2) is 14.9. The second-order valence-corrected chi connectivity index (χ2v) is 8.45. The number of ketones is 1. The Morgan fingerprint density at radius 3 is 2.00 bits per heavy atom. The van der Waals surface area contributed by atoms with Crippen LogP contribution in [-0.2, 0) is 14.3 Å². The van der Waals surface area contributed by atoms with Gasteiger partial charge in [-0.25, -0.2) is 9.59 Å². The first-order valence-corrected chi connectivity index (χ1v) is 12.4. The standard InChI is InChI=1S/C32H30O7/c1-3-31(35)38-21-5-4-20-37-28-15-6-24(7-16-28)8-19-30(34)27-11-9-25(10-12-27)26-13-17-29(18-14-26)39-32(36)23(2)22-33/h3,6-19,33H,1-2,4-5,20-22H2/b19-8+. The highest BCUT2D eigenvalue weighted by molar-refractivity contribution is 6.07. The number of ether oxygens (including phenoxy) is 3. The third-order valence-corrected chi connectivity index (χ3v) is 5.57. The van der Waals surface area contributed by atoms with Crippen LogP contribution in [0.25, 0.3) is 17.2 Å². The number of allylic oxidation sites excluding steroid dienone is 1. The van der Waals surface area contributed by atoms with E-state index in [0.29, 0.717) is 30.9 Å². The summed E-state index contributed by atoms with van der Waals surface area (Å²) in [6.07, 6.45) is 5.87. The molecule has 0 atom stereocenters. The minimum absolute atomic E-state index is 0.0200. The summed E-state index contributed by atoms with van der Waals surface area (Å²) >= 11 is 0. The van der Waals surface area contributed by atoms with E-state index < -0.39 is 18.5 Å². The van der Waals surface area contributed by atoms with Crippen molar-refractivity contribution in [2.75, 3.05) is 19.8 Å². The molecule has 0 radical (unpaired) electrons. The monoisotopic (exact) mass is 526 g/mol. The lowest BCUT2D eigenvalue weighted by atomic mass is 10.0. The van der Waals surface area contributed by atoms with Gasteiger partial charge in [0.1, 0.15) is 11.5 Å². The Kier molecular flexibility index (Phi) is 11.0. The molecule has 0 aromatic heterocycles. The normalized spacial score (nSPS) is 10.6. The molecule has 7 heteroatoms. The predicted octanol–water partition coefficient (Wildman–Crippen LogP) is 5.59. The highest BCUT2D eigenvalue weighted by atomic mass is 16.5. The molecular weight excluding hydrogens is 496 g/mol. The van der Waals surface area contributed by atoms with Crippen LogP contribution in [0.5, 0.6) is 11.5 Å². The van der Waals surface area contributed by atoms with Crippen molar-refractivity contribution in [3.8, 4) is 22.6 Å². The van der Waals surface area contributed by atoms with Gasteiger partial charge in [0.05, 0.1) is 25.4 Å². The molecule has 39 heavy (non-hydrogen) atoms. The lowest BCUT2D eigenvalue weighted by Gasteiger charge is -2.07. The first-order chi connectivity index (χ1) is 18.9. The summed E-state index contributed by atoms with van der Waals surface area (Å²) < 4.78 is 15.7. The summed E-state index contributed by atoms with van der Waals surface area (Å²) in [6, 6.07) is 21.6. The molecule has 0 unspecified atom stereocenters. The molecule has 0 aliphatic carbocycles. The number of aliphatic hydroxyl groups is 1. The lowest BCUT2D eigenvalue weighted by molar-refractivity contribution is -0.138. The van der Waals surface area contributed by atoms with E-state index in [2.05, 4.69) is 13.2 Å². The molecule has 0 spiro atoms. The fraction of sp³-hybridized carbons (Fsp3) is 0.156. The van der Waals surface area contributed by atoms with Gasteiger partial charge in [0, 0.05) is 11.6 Å². The van der Waals surface area contributed by atoms with Gasteiger partial charge in [0.2, 0.25) is 0 Å². The van der Waals surface area contributed by atoms with Crippen molar-refractivity contribution in [2.24, 2.45) is 0 Å². The zero-order valence-corrected chi connectivity index (χ0v) is 21.5. The van der Waals surface area contributed by atoms with Crippen molar-refractivity contribution in [1.29, 1.82) is 0 Å². The summed E-state index contributed by atoms with van der Waals surface area (Å²) in [5.74, 6) is -0.155. The Hall–Kier alpha value is -4.75. The van der Waals surface area contributed by atoms with Crippen LogP contribution in [-0.4, -0.2) is 42.6 Å². The first-order valence-electron chi connectivity index (χ1n) is 12.4. The predicted molar refractivity (Wildman–Crippen MR) is 149 cm³/mol. The summed E-state index contributed by atoms with van der Waals surface area (Å²) in [5, 5.41) is 8.96. The van der Waals surface area contributed by atoms with E-state index in [4.69, 9.17) is 19.3 Å². The van der Waals surface area contributed by atoms with E-state index in [-0.39, 0.29) is 11.4 Å². The largest absolute Gasteiger partial charge is 0.494 e. The summed E-state index contributed by atoms with van der Waals surface area (Å²) in [4.78, 5) is 35.3. The van der Waals surface area contributed by atoms with Gasteiger partial charge in [0.15, 0.2) is 5.78 Å². The fourth-order valence-corrected chi connectivity index (χ4v) is 3.36. The average molecular weight is 527 g/mol. The van der Waals surface area contributed by atoms with E-state index in [1.54, 1.807) is 42.5 Å². The average Bonchev–Trinajstić information content (AvgIpc) is 2.98. The molecule has 3 rings (SSSR count). The second-order valence-electron chi connectivity index (χ2n) is 8.45. The van der Waals surface area contributed by atoms with Crippen molar-refractivity contribution in [3.05, 3.63) is 115 Å². The lowest BCUT2D eigenvalue weighted by Crippen LogP contribution is -2.12. The van der Waals surface area contributed by atoms with Crippen LogP contribution in [0.3, 0.4) is 0 Å². The number of esters is 2. The topological polar surface area (TPSA) is 99.1 Å². The van der Waals surface area contributed by atoms with E-state index in [1.165, 1.54) is 6.08 Å². The number of carbonyl (C=O) groups is 3. The zero-order chi connectivity index (χ0) is 28.0. The summed E-state index contributed by atoms with van der Waals surface area (Å²) in [6.45, 7) is 7.17. The van der Waals surface area contributed by atoms with Crippen molar-refractivity contribution in [3.63, 3.8) is 0 Å². The smallest absolute Gasteiger partial charge is 0.341 e. The van der Waals surface area contributed by atoms with Gasteiger partial charge in [-0.3, -0.25) is 4.79 Å². The van der Waals surface area contributed by atoms with Crippen molar-refractivity contribution >= 4 is 23.8 Å². The van der Waals surface area contributed by atoms with Crippen molar-refractivity contribution in [2.45, 2.75) is 12.8 Å². The number of hydrogen-bond acceptors (Lipinski definition) is 7. The van der Waals surface area contributed by atoms with Crippen LogP contribution in [0.2, 0.25) is 0 Å². The fourth-order valence-electron chi connectivity index (χ4n) is 3.36. The summed E-state index contributed by atoms with van der Waals surface area (Å²) in [7, 11) is 0. The summed E-state index contributed by atoms with van der Waals surface area (Å²) in [5.41, 5.74) is 3.20. The van der Waals surface area contributed by atoms with E-state index in [0.717, 1.165) is 34.9 Å². The number of aliphatic hydroxyl groups excluding tert-OH is 1. The molecule has 0 saturated heterocycles. The Morgan fingerprint density at radius 2 is 1.38 bits per heavy atom. The Balaban J connectivity index is 1.48. The van der Waals surface area contributed by atoms with Crippen LogP contribution in [0.15, 0.2) is 104 Å². The first kappa shape index (κ1) is 28.8. The molecule has 3 aromatic rings. The van der Waals surface area contributed by atoms with Gasteiger partial charge in [0.25, 0.3) is 0 Å². The number of unbranched alkanes of at least 4 members (excludes halogenated alkanes) is 1. The highest BCUT2D eigenvalue weighted by Gasteiger charge is 2.09. The van der Waals surface area contributed by atoms with Crippen LogP contribution in [0.1, 0.15) is 28.8 Å². The molecule has 0 fully saturated rings. The number of hydrogen-bond donors (Lipinski definition) is 1. The zero-order valence-electron chi connectivity index (χ0n) is 21.5. The molecule has 0 heterocycles. The van der Waals surface area contributed by atoms with Gasteiger partial charge in [-0.05, 0) is 59.9 Å². The highest BCUT2D eigenvalue weighted by Crippen LogP contribution is 2.24. The van der Waals surface area contributed by atoms with Gasteiger partial charge in [-0.2, -0.15) is 0 Å². The minimum Gasteiger partial charge on any atom is -0.494 e. The van der Waals surface area contributed by atoms with E-state index in [9.17, 15) is 14.4 Å². The van der Waals surface area contributed by atoms with Gasteiger partial charge < -0.3 is 19.3 Å². The van der Waals surface area contributed by atoms with E-state index >= 15 is 0 Å². The SMILES string of the molecule is C=CC(=O)OCCCCOc1ccc(/C=C/C(=O)c2ccc(-c3ccc(OC(=O)C(=C)CO)cc3)cc2)cc1. The maximum Gasteiger partial charge on any atom is 0.341 e. The van der Waals surface area contributed by atoms with E-state index in [1.807, 2.05) is 36.4 Å². The molecule has 0 amide bonds. The molecule has 0 saturated carbocycles. The van der Waals surface area contributed by atoms with Crippen molar-refractivity contribution in [1.82, 2.24) is 0 Å². The Labute approximate surface area is 227 Å². The Bertz CT molecular complexity index is 1320. The van der Waals surface area contributed by atoms with Gasteiger partial charge >= 0.3 is 11.9 Å². The molecule has 1 N–H and O–H groups in total. The van der Waals surface area contributed by atoms with Gasteiger partial charge in [-0.1, -0.05) is 67.8 Å². The molecular formula is C32H30O7. The number of carbonyl (C=O) groups excluding carboxylic acids is 3. The van der Waals surface area contributed by atoms with Crippen LogP contribution >= 0.6 is 0 Å². The molecule has 200 valence electrons. The number of benzene rings is 3. The molecule has 0 bridgehead atoms. The third kappa shape index (κ3) is 9.25. The van der Waals surface area contributed by atoms with Gasteiger partial charge in [-0.15, -0.1) is 0 Å². The maximum atomic E-state index is 12.6. The molecule has 7 nitrogen and oxygen atoms in total. The maximum absolute atomic E-state index is 12.6. The quantitative estimate of drug-likeness (QED) is 0.0961. The third-order valence-electron chi connectivity index (χ3n) is 5.57.